The molecule has 1 heterocycles. The molecule has 1 aromatic heterocycles. The topological polar surface area (TPSA) is 84.2 Å². The van der Waals surface area contributed by atoms with E-state index in [1.54, 1.807) is 12.5 Å². The van der Waals surface area contributed by atoms with Crippen LogP contribution in [-0.4, -0.2) is 37.0 Å². The van der Waals surface area contributed by atoms with E-state index in [9.17, 15) is 10.1 Å². The average molecular weight is 400 g/mol. The first-order valence-corrected chi connectivity index (χ1v) is 8.91. The lowest BCUT2D eigenvalue weighted by Gasteiger charge is -2.11. The van der Waals surface area contributed by atoms with Gasteiger partial charge in [-0.2, -0.15) is 5.26 Å². The Morgan fingerprint density at radius 1 is 1.48 bits per heavy atom. The highest BCUT2D eigenvalue weighted by molar-refractivity contribution is 9.10. The van der Waals surface area contributed by atoms with Gasteiger partial charge < -0.3 is 14.8 Å². The van der Waals surface area contributed by atoms with Gasteiger partial charge in [0.2, 0.25) is 0 Å². The zero-order valence-electron chi connectivity index (χ0n) is 13.0. The molecule has 0 aliphatic rings. The van der Waals surface area contributed by atoms with Crippen LogP contribution >= 0.6 is 27.7 Å². The summed E-state index contributed by atoms with van der Waals surface area (Å²) in [4.78, 5) is 16.1. The fraction of sp³-hybridized carbons (Fsp3) is 0.400. The molecule has 23 heavy (non-hydrogen) atoms. The molecule has 0 unspecified atom stereocenters. The lowest BCUT2D eigenvalue weighted by molar-refractivity contribution is -0.140. The minimum absolute atomic E-state index is 0.0425. The van der Waals surface area contributed by atoms with Crippen LogP contribution < -0.4 is 5.32 Å². The zero-order valence-corrected chi connectivity index (χ0v) is 15.4. The van der Waals surface area contributed by atoms with Gasteiger partial charge in [0.1, 0.15) is 17.3 Å². The van der Waals surface area contributed by atoms with Crippen molar-refractivity contribution >= 4 is 33.7 Å². The summed E-state index contributed by atoms with van der Waals surface area (Å²) in [5.41, 5.74) is 0.890. The number of pyridine rings is 1. The Hall–Kier alpha value is -1.56. The Labute approximate surface area is 148 Å². The van der Waals surface area contributed by atoms with Crippen molar-refractivity contribution in [2.45, 2.75) is 13.5 Å². The van der Waals surface area contributed by atoms with E-state index in [-0.39, 0.29) is 12.2 Å². The van der Waals surface area contributed by atoms with Gasteiger partial charge in [0, 0.05) is 19.3 Å². The monoisotopic (exact) mass is 399 g/mol. The first-order chi connectivity index (χ1) is 11.1. The van der Waals surface area contributed by atoms with Crippen molar-refractivity contribution in [3.8, 4) is 6.07 Å². The number of rotatable bonds is 9. The number of halogens is 1. The third kappa shape index (κ3) is 7.03. The summed E-state index contributed by atoms with van der Waals surface area (Å²) in [6.07, 6.45) is 3.49. The fourth-order valence-electron chi connectivity index (χ4n) is 1.55. The van der Waals surface area contributed by atoms with Gasteiger partial charge in [0.15, 0.2) is 5.57 Å². The molecule has 0 aliphatic heterocycles. The Balaban J connectivity index is 2.68. The van der Waals surface area contributed by atoms with Gasteiger partial charge in [-0.3, -0.25) is 0 Å². The van der Waals surface area contributed by atoms with Crippen molar-refractivity contribution in [2.75, 3.05) is 26.1 Å². The van der Waals surface area contributed by atoms with E-state index in [2.05, 4.69) is 26.2 Å². The molecular weight excluding hydrogens is 382 g/mol. The summed E-state index contributed by atoms with van der Waals surface area (Å²) >= 11 is 4.55. The first-order valence-electron chi connectivity index (χ1n) is 6.89. The number of nitrogens with one attached hydrogen (secondary N) is 1. The average Bonchev–Trinajstić information content (AvgIpc) is 2.56. The quantitative estimate of drug-likeness (QED) is 0.224. The molecule has 0 spiro atoms. The summed E-state index contributed by atoms with van der Waals surface area (Å²) in [5.74, 6) is -0.655. The highest BCUT2D eigenvalue weighted by atomic mass is 79.9. The summed E-state index contributed by atoms with van der Waals surface area (Å²) in [6, 6.07) is 5.62. The molecule has 0 aliphatic carbocycles. The van der Waals surface area contributed by atoms with E-state index in [1.807, 2.05) is 25.1 Å². The molecule has 0 aromatic carbocycles. The Morgan fingerprint density at radius 2 is 2.26 bits per heavy atom. The molecule has 0 atom stereocenters. The van der Waals surface area contributed by atoms with Crippen molar-refractivity contribution in [3.05, 3.63) is 39.1 Å². The normalized spacial score (nSPS) is 11.4. The third-order valence-electron chi connectivity index (χ3n) is 2.65. The molecule has 0 bridgehead atoms. The molecule has 0 fully saturated rings. The number of nitriles is 1. The van der Waals surface area contributed by atoms with Crippen LogP contribution in [-0.2, 0) is 20.8 Å². The number of carbonyl (C=O) groups is 1. The standard InChI is InChI=1S/C15H18BrN3O3S/c1-3-21-6-7-22-15(20)12(8-17)14(23-2)19-10-11-4-5-13(16)18-9-11/h4-5,9,19H,3,6-7,10H2,1-2H3/b14-12-. The molecule has 0 saturated heterocycles. The number of hydrogen-bond donors (Lipinski definition) is 1. The molecule has 6 nitrogen and oxygen atoms in total. The number of aromatic nitrogens is 1. The lowest BCUT2D eigenvalue weighted by atomic mass is 10.3. The summed E-state index contributed by atoms with van der Waals surface area (Å²) in [7, 11) is 0. The second-order valence-corrected chi connectivity index (χ2v) is 5.82. The molecule has 1 aromatic rings. The minimum atomic E-state index is -0.655. The van der Waals surface area contributed by atoms with E-state index < -0.39 is 5.97 Å². The van der Waals surface area contributed by atoms with Crippen molar-refractivity contribution in [2.24, 2.45) is 0 Å². The Bertz CT molecular complexity index is 585. The predicted octanol–water partition coefficient (Wildman–Crippen LogP) is 2.61. The summed E-state index contributed by atoms with van der Waals surface area (Å²) < 4.78 is 10.9. The number of thioether (sulfide) groups is 1. The van der Waals surface area contributed by atoms with E-state index >= 15 is 0 Å². The van der Waals surface area contributed by atoms with Crippen LogP contribution in [0.25, 0.3) is 0 Å². The molecule has 1 N–H and O–H groups in total. The van der Waals surface area contributed by atoms with Gasteiger partial charge in [0.05, 0.1) is 11.6 Å². The first kappa shape index (κ1) is 19.5. The maximum Gasteiger partial charge on any atom is 0.351 e. The number of esters is 1. The van der Waals surface area contributed by atoms with Crippen molar-refractivity contribution < 1.29 is 14.3 Å². The fourth-order valence-corrected chi connectivity index (χ4v) is 2.34. The molecule has 1 rings (SSSR count). The van der Waals surface area contributed by atoms with Crippen LogP contribution in [0.15, 0.2) is 33.5 Å². The predicted molar refractivity (Wildman–Crippen MR) is 92.4 cm³/mol. The van der Waals surface area contributed by atoms with E-state index in [4.69, 9.17) is 9.47 Å². The van der Waals surface area contributed by atoms with Gasteiger partial charge in [-0.25, -0.2) is 9.78 Å². The van der Waals surface area contributed by atoms with Crippen LogP contribution in [0.4, 0.5) is 0 Å². The SMILES string of the molecule is CCOCCOC(=O)/C(C#N)=C(/NCc1ccc(Br)nc1)SC. The van der Waals surface area contributed by atoms with Crippen molar-refractivity contribution in [3.63, 3.8) is 0 Å². The van der Waals surface area contributed by atoms with E-state index in [1.165, 1.54) is 11.8 Å². The maximum atomic E-state index is 12.0. The van der Waals surface area contributed by atoms with Gasteiger partial charge in [-0.15, -0.1) is 11.8 Å². The second kappa shape index (κ2) is 11.0. The largest absolute Gasteiger partial charge is 0.459 e. The third-order valence-corrected chi connectivity index (χ3v) is 3.88. The van der Waals surface area contributed by atoms with Crippen LogP contribution in [0.2, 0.25) is 0 Å². The highest BCUT2D eigenvalue weighted by Crippen LogP contribution is 2.16. The van der Waals surface area contributed by atoms with Crippen LogP contribution in [0.3, 0.4) is 0 Å². The molecule has 124 valence electrons. The van der Waals surface area contributed by atoms with Crippen LogP contribution in [0.5, 0.6) is 0 Å². The molecular formula is C15H18BrN3O3S. The second-order valence-electron chi connectivity index (χ2n) is 4.20. The van der Waals surface area contributed by atoms with E-state index in [0.29, 0.717) is 24.8 Å². The van der Waals surface area contributed by atoms with Gasteiger partial charge in [-0.05, 0) is 40.7 Å². The lowest BCUT2D eigenvalue weighted by Crippen LogP contribution is -2.19. The molecule has 0 amide bonds. The Morgan fingerprint density at radius 3 is 2.83 bits per heavy atom. The van der Waals surface area contributed by atoms with Crippen molar-refractivity contribution in [1.29, 1.82) is 5.26 Å². The summed E-state index contributed by atoms with van der Waals surface area (Å²) in [6.45, 7) is 3.30. The molecule has 0 saturated carbocycles. The maximum absolute atomic E-state index is 12.0. The summed E-state index contributed by atoms with van der Waals surface area (Å²) in [5, 5.41) is 12.8. The van der Waals surface area contributed by atoms with Gasteiger partial charge in [-0.1, -0.05) is 6.07 Å². The van der Waals surface area contributed by atoms with Gasteiger partial charge in [0.25, 0.3) is 0 Å². The smallest absolute Gasteiger partial charge is 0.351 e. The highest BCUT2D eigenvalue weighted by Gasteiger charge is 2.16. The number of hydrogen-bond acceptors (Lipinski definition) is 7. The van der Waals surface area contributed by atoms with E-state index in [0.717, 1.165) is 10.2 Å². The van der Waals surface area contributed by atoms with Crippen LogP contribution in [0, 0.1) is 11.3 Å². The number of ether oxygens (including phenoxy) is 2. The zero-order chi connectivity index (χ0) is 17.1. The number of nitrogens with zero attached hydrogens (tertiary/aromatic N) is 2. The number of carbonyl (C=O) groups excluding carboxylic acids is 1. The van der Waals surface area contributed by atoms with Crippen LogP contribution in [0.1, 0.15) is 12.5 Å². The molecule has 8 heteroatoms. The molecule has 0 radical (unpaired) electrons. The Kier molecular flexibility index (Phi) is 9.36. The van der Waals surface area contributed by atoms with Crippen molar-refractivity contribution in [1.82, 2.24) is 10.3 Å². The van der Waals surface area contributed by atoms with Gasteiger partial charge >= 0.3 is 5.97 Å². The minimum Gasteiger partial charge on any atom is -0.459 e.